The quantitative estimate of drug-likeness (QED) is 0.845. The van der Waals surface area contributed by atoms with Crippen LogP contribution in [0.4, 0.5) is 0 Å². The number of carbonyl (C=O) groups excluding carboxylic acids is 1. The molecule has 0 spiro atoms. The molecule has 1 atom stereocenters. The number of amides is 1. The second kappa shape index (κ2) is 7.31. The third kappa shape index (κ3) is 4.11. The van der Waals surface area contributed by atoms with Crippen LogP contribution in [0.2, 0.25) is 0 Å². The number of benzene rings is 1. The predicted molar refractivity (Wildman–Crippen MR) is 86.6 cm³/mol. The fourth-order valence-corrected chi connectivity index (χ4v) is 2.50. The second-order valence-corrected chi connectivity index (χ2v) is 5.89. The second-order valence-electron chi connectivity index (χ2n) is 4.79. The van der Waals surface area contributed by atoms with E-state index in [1.165, 1.54) is 0 Å². The summed E-state index contributed by atoms with van der Waals surface area (Å²) >= 11 is 3.59. The summed E-state index contributed by atoms with van der Waals surface area (Å²) in [5.41, 5.74) is 3.22. The summed E-state index contributed by atoms with van der Waals surface area (Å²) in [6.45, 7) is 4.32. The van der Waals surface area contributed by atoms with E-state index in [1.807, 2.05) is 44.2 Å². The molecule has 0 radical (unpaired) electrons. The molecule has 1 aromatic heterocycles. The fraction of sp³-hybridized carbons (Fsp3) is 0.312. The molecule has 110 valence electrons. The molecule has 21 heavy (non-hydrogen) atoms. The molecule has 1 unspecified atom stereocenters. The molecule has 0 bridgehead atoms. The lowest BCUT2D eigenvalue weighted by atomic mass is 10.1. The van der Waals surface area contributed by atoms with Crippen molar-refractivity contribution < 1.29 is 4.79 Å². The lowest BCUT2D eigenvalue weighted by Gasteiger charge is -2.13. The molecule has 4 nitrogen and oxygen atoms in total. The van der Waals surface area contributed by atoms with Crippen molar-refractivity contribution in [2.24, 2.45) is 0 Å². The standard InChI is InChI=1S/C16H18BrN3O/c1-3-15-13(9-11(2)19-20-15)16(21)18-10-14(17)12-7-5-4-6-8-12/h4-9,14H,3,10H2,1-2H3,(H,18,21). The Balaban J connectivity index is 2.04. The van der Waals surface area contributed by atoms with Crippen LogP contribution in [0.15, 0.2) is 36.4 Å². The number of nitrogens with zero attached hydrogens (tertiary/aromatic N) is 2. The van der Waals surface area contributed by atoms with E-state index in [2.05, 4.69) is 31.4 Å². The Bertz CT molecular complexity index is 616. The van der Waals surface area contributed by atoms with Gasteiger partial charge in [-0.25, -0.2) is 0 Å². The van der Waals surface area contributed by atoms with Gasteiger partial charge in [0.15, 0.2) is 0 Å². The SMILES string of the molecule is CCc1nnc(C)cc1C(=O)NCC(Br)c1ccccc1. The molecule has 1 N–H and O–H groups in total. The molecular formula is C16H18BrN3O. The van der Waals surface area contributed by atoms with Crippen molar-refractivity contribution in [3.8, 4) is 0 Å². The molecule has 0 fully saturated rings. The maximum absolute atomic E-state index is 12.3. The van der Waals surface area contributed by atoms with Gasteiger partial charge >= 0.3 is 0 Å². The fourth-order valence-electron chi connectivity index (χ4n) is 2.03. The van der Waals surface area contributed by atoms with Crippen molar-refractivity contribution in [2.75, 3.05) is 6.54 Å². The summed E-state index contributed by atoms with van der Waals surface area (Å²) in [5, 5.41) is 11.0. The molecule has 2 aromatic rings. The van der Waals surface area contributed by atoms with Crippen LogP contribution in [-0.2, 0) is 6.42 Å². The summed E-state index contributed by atoms with van der Waals surface area (Å²) in [7, 11) is 0. The maximum Gasteiger partial charge on any atom is 0.253 e. The van der Waals surface area contributed by atoms with E-state index in [0.717, 1.165) is 17.0 Å². The summed E-state index contributed by atoms with van der Waals surface area (Å²) in [6.07, 6.45) is 0.687. The van der Waals surface area contributed by atoms with E-state index in [9.17, 15) is 4.79 Å². The van der Waals surface area contributed by atoms with Crippen LogP contribution in [-0.4, -0.2) is 22.6 Å². The van der Waals surface area contributed by atoms with Crippen molar-refractivity contribution in [3.63, 3.8) is 0 Å². The highest BCUT2D eigenvalue weighted by Crippen LogP contribution is 2.21. The van der Waals surface area contributed by atoms with E-state index >= 15 is 0 Å². The first-order valence-corrected chi connectivity index (χ1v) is 7.83. The smallest absolute Gasteiger partial charge is 0.253 e. The summed E-state index contributed by atoms with van der Waals surface area (Å²) in [6, 6.07) is 11.8. The molecule has 2 rings (SSSR count). The predicted octanol–water partition coefficient (Wildman–Crippen LogP) is 3.21. The highest BCUT2D eigenvalue weighted by Gasteiger charge is 2.14. The number of aryl methyl sites for hydroxylation is 2. The van der Waals surface area contributed by atoms with Crippen LogP contribution in [0.3, 0.4) is 0 Å². The number of aromatic nitrogens is 2. The molecule has 1 amide bonds. The normalized spacial score (nSPS) is 12.0. The van der Waals surface area contributed by atoms with Crippen molar-refractivity contribution in [2.45, 2.75) is 25.1 Å². The van der Waals surface area contributed by atoms with Crippen molar-refractivity contribution in [1.29, 1.82) is 0 Å². The monoisotopic (exact) mass is 347 g/mol. The van der Waals surface area contributed by atoms with E-state index in [4.69, 9.17) is 0 Å². The van der Waals surface area contributed by atoms with Gasteiger partial charge in [0.1, 0.15) is 0 Å². The van der Waals surface area contributed by atoms with Gasteiger partial charge in [0.05, 0.1) is 21.8 Å². The lowest BCUT2D eigenvalue weighted by Crippen LogP contribution is -2.28. The molecule has 0 aliphatic carbocycles. The average Bonchev–Trinajstić information content (AvgIpc) is 2.53. The highest BCUT2D eigenvalue weighted by molar-refractivity contribution is 9.09. The molecule has 1 aromatic carbocycles. The van der Waals surface area contributed by atoms with Gasteiger partial charge in [-0.2, -0.15) is 10.2 Å². The number of rotatable bonds is 5. The average molecular weight is 348 g/mol. The number of halogens is 1. The Labute approximate surface area is 133 Å². The first-order chi connectivity index (χ1) is 10.1. The molecule has 0 saturated carbocycles. The first kappa shape index (κ1) is 15.6. The molecular weight excluding hydrogens is 330 g/mol. The Hall–Kier alpha value is -1.75. The van der Waals surface area contributed by atoms with Gasteiger partial charge in [-0.15, -0.1) is 0 Å². The van der Waals surface area contributed by atoms with E-state index in [0.29, 0.717) is 18.5 Å². The Morgan fingerprint density at radius 3 is 2.67 bits per heavy atom. The minimum absolute atomic E-state index is 0.0867. The lowest BCUT2D eigenvalue weighted by molar-refractivity contribution is 0.0952. The molecule has 0 aliphatic rings. The number of carbonyl (C=O) groups is 1. The third-order valence-electron chi connectivity index (χ3n) is 3.18. The zero-order valence-electron chi connectivity index (χ0n) is 12.1. The minimum Gasteiger partial charge on any atom is -0.351 e. The largest absolute Gasteiger partial charge is 0.351 e. The highest BCUT2D eigenvalue weighted by atomic mass is 79.9. The minimum atomic E-state index is -0.106. The zero-order valence-corrected chi connectivity index (χ0v) is 13.7. The number of alkyl halides is 1. The number of hydrogen-bond acceptors (Lipinski definition) is 3. The molecule has 5 heteroatoms. The Morgan fingerprint density at radius 2 is 2.00 bits per heavy atom. The van der Waals surface area contributed by atoms with Gasteiger partial charge in [-0.3, -0.25) is 4.79 Å². The van der Waals surface area contributed by atoms with Gasteiger partial charge in [0, 0.05) is 6.54 Å². The van der Waals surface area contributed by atoms with Crippen molar-refractivity contribution in [3.05, 3.63) is 58.9 Å². The first-order valence-electron chi connectivity index (χ1n) is 6.92. The van der Waals surface area contributed by atoms with Crippen molar-refractivity contribution >= 4 is 21.8 Å². The topological polar surface area (TPSA) is 54.9 Å². The number of hydrogen-bond donors (Lipinski definition) is 1. The van der Waals surface area contributed by atoms with Gasteiger partial charge in [0.25, 0.3) is 5.91 Å². The van der Waals surface area contributed by atoms with Crippen LogP contribution in [0.5, 0.6) is 0 Å². The molecule has 0 aliphatic heterocycles. The van der Waals surface area contributed by atoms with E-state index < -0.39 is 0 Å². The summed E-state index contributed by atoms with van der Waals surface area (Å²) in [5.74, 6) is -0.106. The zero-order chi connectivity index (χ0) is 15.2. The van der Waals surface area contributed by atoms with Gasteiger partial charge in [-0.05, 0) is 25.0 Å². The van der Waals surface area contributed by atoms with Crippen molar-refractivity contribution in [1.82, 2.24) is 15.5 Å². The Morgan fingerprint density at radius 1 is 1.29 bits per heavy atom. The molecule has 0 saturated heterocycles. The van der Waals surface area contributed by atoms with Gasteiger partial charge < -0.3 is 5.32 Å². The van der Waals surface area contributed by atoms with Gasteiger partial charge in [-0.1, -0.05) is 53.2 Å². The van der Waals surface area contributed by atoms with Gasteiger partial charge in [0.2, 0.25) is 0 Å². The summed E-state index contributed by atoms with van der Waals surface area (Å²) in [4.78, 5) is 12.4. The van der Waals surface area contributed by atoms with Crippen LogP contribution >= 0.6 is 15.9 Å². The van der Waals surface area contributed by atoms with Crippen LogP contribution in [0.1, 0.15) is 39.1 Å². The van der Waals surface area contributed by atoms with E-state index in [1.54, 1.807) is 6.07 Å². The maximum atomic E-state index is 12.3. The summed E-state index contributed by atoms with van der Waals surface area (Å²) < 4.78 is 0. The number of nitrogens with one attached hydrogen (secondary N) is 1. The van der Waals surface area contributed by atoms with Crippen LogP contribution < -0.4 is 5.32 Å². The van der Waals surface area contributed by atoms with Crippen LogP contribution in [0, 0.1) is 6.92 Å². The third-order valence-corrected chi connectivity index (χ3v) is 4.03. The molecule has 1 heterocycles. The van der Waals surface area contributed by atoms with E-state index in [-0.39, 0.29) is 10.7 Å². The van der Waals surface area contributed by atoms with Crippen LogP contribution in [0.25, 0.3) is 0 Å². The Kier molecular flexibility index (Phi) is 5.44.